The van der Waals surface area contributed by atoms with E-state index < -0.39 is 0 Å². The first-order valence-electron chi connectivity index (χ1n) is 7.29. The van der Waals surface area contributed by atoms with E-state index in [1.807, 2.05) is 18.3 Å². The highest BCUT2D eigenvalue weighted by Gasteiger charge is 2.06. The summed E-state index contributed by atoms with van der Waals surface area (Å²) in [4.78, 5) is 20.1. The number of halogens is 1. The third kappa shape index (κ3) is 4.11. The molecule has 0 fully saturated rings. The second kappa shape index (κ2) is 7.61. The van der Waals surface area contributed by atoms with Gasteiger partial charge in [0, 0.05) is 25.1 Å². The Morgan fingerprint density at radius 3 is 2.83 bits per heavy atom. The molecule has 0 saturated heterocycles. The Bertz CT molecular complexity index is 804. The lowest BCUT2D eigenvalue weighted by atomic mass is 10.3. The molecule has 0 aliphatic heterocycles. The molecule has 1 N–H and O–H groups in total. The molecule has 6 nitrogen and oxygen atoms in total. The van der Waals surface area contributed by atoms with Gasteiger partial charge in [0.2, 0.25) is 0 Å². The molecule has 7 heteroatoms. The minimum atomic E-state index is -0.228. The molecule has 0 radical (unpaired) electrons. The molecule has 3 rings (SSSR count). The normalized spacial score (nSPS) is 10.4. The number of imidazole rings is 1. The lowest BCUT2D eigenvalue weighted by Crippen LogP contribution is -2.28. The summed E-state index contributed by atoms with van der Waals surface area (Å²) >= 11 is 5.97. The molecule has 1 amide bonds. The SMILES string of the molecule is O=C(COc1ccccc1Cl)NCc1ccc(-n2ccnc2)nc1. The summed E-state index contributed by atoms with van der Waals surface area (Å²) in [6.07, 6.45) is 6.89. The van der Waals surface area contributed by atoms with Crippen LogP contribution in [-0.2, 0) is 11.3 Å². The fourth-order valence-electron chi connectivity index (χ4n) is 2.03. The molecule has 3 aromatic rings. The number of rotatable bonds is 6. The first-order chi connectivity index (χ1) is 11.7. The first kappa shape index (κ1) is 16.0. The predicted molar refractivity (Wildman–Crippen MR) is 90.2 cm³/mol. The van der Waals surface area contributed by atoms with E-state index in [2.05, 4.69) is 15.3 Å². The number of nitrogens with one attached hydrogen (secondary N) is 1. The minimum absolute atomic E-state index is 0.0930. The van der Waals surface area contributed by atoms with E-state index in [0.29, 0.717) is 17.3 Å². The Morgan fingerprint density at radius 1 is 1.25 bits per heavy atom. The van der Waals surface area contributed by atoms with Crippen LogP contribution in [0.5, 0.6) is 5.75 Å². The van der Waals surface area contributed by atoms with Crippen molar-refractivity contribution in [2.75, 3.05) is 6.61 Å². The van der Waals surface area contributed by atoms with E-state index in [1.54, 1.807) is 47.6 Å². The number of hydrogen-bond acceptors (Lipinski definition) is 4. The van der Waals surface area contributed by atoms with Crippen molar-refractivity contribution in [2.45, 2.75) is 6.54 Å². The van der Waals surface area contributed by atoms with E-state index in [0.717, 1.165) is 11.4 Å². The lowest BCUT2D eigenvalue weighted by molar-refractivity contribution is -0.123. The average Bonchev–Trinajstić information content (AvgIpc) is 3.14. The minimum Gasteiger partial charge on any atom is -0.482 e. The quantitative estimate of drug-likeness (QED) is 0.747. The molecular weight excluding hydrogens is 328 g/mol. The van der Waals surface area contributed by atoms with E-state index in [9.17, 15) is 4.79 Å². The fourth-order valence-corrected chi connectivity index (χ4v) is 2.22. The van der Waals surface area contributed by atoms with Crippen LogP contribution in [0, 0.1) is 0 Å². The molecule has 24 heavy (non-hydrogen) atoms. The Balaban J connectivity index is 1.48. The summed E-state index contributed by atoms with van der Waals surface area (Å²) in [6, 6.07) is 10.8. The summed E-state index contributed by atoms with van der Waals surface area (Å²) < 4.78 is 7.19. The third-order valence-electron chi connectivity index (χ3n) is 3.26. The summed E-state index contributed by atoms with van der Waals surface area (Å²) in [5, 5.41) is 3.25. The van der Waals surface area contributed by atoms with Crippen molar-refractivity contribution >= 4 is 17.5 Å². The first-order valence-corrected chi connectivity index (χ1v) is 7.67. The smallest absolute Gasteiger partial charge is 0.258 e. The van der Waals surface area contributed by atoms with Gasteiger partial charge in [-0.15, -0.1) is 0 Å². The number of carbonyl (C=O) groups excluding carboxylic acids is 1. The van der Waals surface area contributed by atoms with Crippen LogP contribution in [0.4, 0.5) is 0 Å². The lowest BCUT2D eigenvalue weighted by Gasteiger charge is -2.09. The van der Waals surface area contributed by atoms with Crippen LogP contribution in [0.2, 0.25) is 5.02 Å². The number of ether oxygens (including phenoxy) is 1. The van der Waals surface area contributed by atoms with Crippen LogP contribution in [-0.4, -0.2) is 27.0 Å². The molecule has 2 aromatic heterocycles. The Morgan fingerprint density at radius 2 is 2.12 bits per heavy atom. The highest BCUT2D eigenvalue weighted by atomic mass is 35.5. The topological polar surface area (TPSA) is 69.0 Å². The molecule has 0 aliphatic carbocycles. The zero-order valence-corrected chi connectivity index (χ0v) is 13.5. The number of aromatic nitrogens is 3. The average molecular weight is 343 g/mol. The van der Waals surface area contributed by atoms with E-state index >= 15 is 0 Å². The maximum atomic E-state index is 11.8. The summed E-state index contributed by atoms with van der Waals surface area (Å²) in [5.41, 5.74) is 0.893. The highest BCUT2D eigenvalue weighted by Crippen LogP contribution is 2.22. The molecule has 0 unspecified atom stereocenters. The van der Waals surface area contributed by atoms with Crippen LogP contribution in [0.3, 0.4) is 0 Å². The van der Waals surface area contributed by atoms with Crippen molar-refractivity contribution in [1.29, 1.82) is 0 Å². The highest BCUT2D eigenvalue weighted by molar-refractivity contribution is 6.32. The zero-order valence-electron chi connectivity index (χ0n) is 12.7. The van der Waals surface area contributed by atoms with Crippen LogP contribution < -0.4 is 10.1 Å². The maximum absolute atomic E-state index is 11.8. The molecular formula is C17H15ClN4O2. The van der Waals surface area contributed by atoms with Crippen LogP contribution in [0.15, 0.2) is 61.3 Å². The van der Waals surface area contributed by atoms with Crippen molar-refractivity contribution in [2.24, 2.45) is 0 Å². The van der Waals surface area contributed by atoms with Gasteiger partial charge in [0.05, 0.1) is 5.02 Å². The second-order valence-corrected chi connectivity index (χ2v) is 5.40. The number of benzene rings is 1. The molecule has 0 saturated carbocycles. The second-order valence-electron chi connectivity index (χ2n) is 4.99. The third-order valence-corrected chi connectivity index (χ3v) is 3.58. The molecule has 122 valence electrons. The fraction of sp³-hybridized carbons (Fsp3) is 0.118. The van der Waals surface area contributed by atoms with Crippen LogP contribution in [0.25, 0.3) is 5.82 Å². The van der Waals surface area contributed by atoms with E-state index in [1.165, 1.54) is 0 Å². The van der Waals surface area contributed by atoms with Gasteiger partial charge in [0.15, 0.2) is 6.61 Å². The largest absolute Gasteiger partial charge is 0.482 e. The number of nitrogens with zero attached hydrogens (tertiary/aromatic N) is 3. The standard InChI is InChI=1S/C17H15ClN4O2/c18-14-3-1-2-4-15(14)24-11-17(23)21-10-13-5-6-16(20-9-13)22-8-7-19-12-22/h1-9,12H,10-11H2,(H,21,23). The van der Waals surface area contributed by atoms with Crippen molar-refractivity contribution in [3.63, 3.8) is 0 Å². The van der Waals surface area contributed by atoms with Gasteiger partial charge >= 0.3 is 0 Å². The van der Waals surface area contributed by atoms with Crippen molar-refractivity contribution in [3.05, 3.63) is 71.9 Å². The molecule has 0 bridgehead atoms. The number of para-hydroxylation sites is 1. The van der Waals surface area contributed by atoms with Gasteiger partial charge in [0.1, 0.15) is 17.9 Å². The summed E-state index contributed by atoms with van der Waals surface area (Å²) in [7, 11) is 0. The van der Waals surface area contributed by atoms with Crippen LogP contribution in [0.1, 0.15) is 5.56 Å². The number of amides is 1. The maximum Gasteiger partial charge on any atom is 0.258 e. The van der Waals surface area contributed by atoms with Gasteiger partial charge in [-0.2, -0.15) is 0 Å². The molecule has 2 heterocycles. The Labute approximate surface area is 144 Å². The van der Waals surface area contributed by atoms with Gasteiger partial charge in [-0.05, 0) is 23.8 Å². The molecule has 0 spiro atoms. The molecule has 0 aliphatic rings. The number of carbonyl (C=O) groups is 1. The Kier molecular flexibility index (Phi) is 5.08. The number of pyridine rings is 1. The van der Waals surface area contributed by atoms with Crippen molar-refractivity contribution < 1.29 is 9.53 Å². The van der Waals surface area contributed by atoms with Gasteiger partial charge in [-0.25, -0.2) is 9.97 Å². The van der Waals surface area contributed by atoms with Crippen molar-refractivity contribution in [1.82, 2.24) is 19.9 Å². The van der Waals surface area contributed by atoms with Crippen LogP contribution >= 0.6 is 11.6 Å². The monoisotopic (exact) mass is 342 g/mol. The molecule has 0 atom stereocenters. The summed E-state index contributed by atoms with van der Waals surface area (Å²) in [5.74, 6) is 1.03. The summed E-state index contributed by atoms with van der Waals surface area (Å²) in [6.45, 7) is 0.284. The van der Waals surface area contributed by atoms with Gasteiger partial charge < -0.3 is 10.1 Å². The Hall–Kier alpha value is -2.86. The van der Waals surface area contributed by atoms with E-state index in [4.69, 9.17) is 16.3 Å². The van der Waals surface area contributed by atoms with Crippen molar-refractivity contribution in [3.8, 4) is 11.6 Å². The van der Waals surface area contributed by atoms with Gasteiger partial charge in [-0.1, -0.05) is 29.8 Å². The van der Waals surface area contributed by atoms with Gasteiger partial charge in [0.25, 0.3) is 5.91 Å². The predicted octanol–water partition coefficient (Wildman–Crippen LogP) is 2.62. The van der Waals surface area contributed by atoms with Gasteiger partial charge in [-0.3, -0.25) is 9.36 Å². The zero-order chi connectivity index (χ0) is 16.8. The van der Waals surface area contributed by atoms with E-state index in [-0.39, 0.29) is 12.5 Å². The molecule has 1 aromatic carbocycles. The number of hydrogen-bond donors (Lipinski definition) is 1.